The van der Waals surface area contributed by atoms with E-state index < -0.39 is 35.6 Å². The molecule has 0 spiro atoms. The Bertz CT molecular complexity index is 845. The van der Waals surface area contributed by atoms with Crippen LogP contribution in [-0.4, -0.2) is 45.3 Å². The zero-order valence-electron chi connectivity index (χ0n) is 20.5. The monoisotopic (exact) mass is 457 g/mol. The van der Waals surface area contributed by atoms with Crippen molar-refractivity contribution < 1.29 is 24.5 Å². The zero-order chi connectivity index (χ0) is 24.6. The van der Waals surface area contributed by atoms with Gasteiger partial charge in [-0.2, -0.15) is 0 Å². The summed E-state index contributed by atoms with van der Waals surface area (Å²) in [5.41, 5.74) is 0.752. The van der Waals surface area contributed by atoms with Gasteiger partial charge in [0.05, 0.1) is 29.7 Å². The molecule has 2 rings (SSSR count). The second-order valence-corrected chi connectivity index (χ2v) is 9.88. The fourth-order valence-corrected chi connectivity index (χ4v) is 4.17. The SMILES string of the molecule is C/C1=C/C[C@H](/C=C/c2ccccn2)OC(=O)C[C@H](O)C(C)(C)C(=O)[C@@H](C)[C@H](O)[C@@H](C)CCC1. The van der Waals surface area contributed by atoms with Crippen LogP contribution in [0.5, 0.6) is 0 Å². The molecule has 0 bridgehead atoms. The number of allylic oxidation sites excluding steroid dienone is 1. The largest absolute Gasteiger partial charge is 0.458 e. The predicted octanol–water partition coefficient (Wildman–Crippen LogP) is 4.51. The highest BCUT2D eigenvalue weighted by Crippen LogP contribution is 2.32. The summed E-state index contributed by atoms with van der Waals surface area (Å²) in [6.07, 6.45) is 7.63. The van der Waals surface area contributed by atoms with E-state index in [-0.39, 0.29) is 18.1 Å². The van der Waals surface area contributed by atoms with Gasteiger partial charge in [-0.25, -0.2) is 0 Å². The fourth-order valence-electron chi connectivity index (χ4n) is 4.17. The number of ether oxygens (including phenoxy) is 1. The summed E-state index contributed by atoms with van der Waals surface area (Å²) in [6.45, 7) is 8.94. The van der Waals surface area contributed by atoms with Crippen LogP contribution >= 0.6 is 0 Å². The van der Waals surface area contributed by atoms with E-state index in [2.05, 4.69) is 11.1 Å². The molecule has 6 heteroatoms. The maximum Gasteiger partial charge on any atom is 0.309 e. The number of nitrogens with zero attached hydrogens (tertiary/aromatic N) is 1. The number of carbonyl (C=O) groups is 2. The summed E-state index contributed by atoms with van der Waals surface area (Å²) in [5, 5.41) is 21.5. The van der Waals surface area contributed by atoms with E-state index in [0.717, 1.165) is 25.0 Å². The number of hydrogen-bond acceptors (Lipinski definition) is 6. The Labute approximate surface area is 197 Å². The number of Topliss-reactive ketones (excluding diaryl/α,β-unsaturated/α-hetero) is 1. The highest BCUT2D eigenvalue weighted by Gasteiger charge is 2.42. The van der Waals surface area contributed by atoms with Crippen molar-refractivity contribution in [3.05, 3.63) is 47.8 Å². The second kappa shape index (κ2) is 12.2. The van der Waals surface area contributed by atoms with E-state index in [4.69, 9.17) is 4.74 Å². The molecule has 0 unspecified atom stereocenters. The molecule has 0 radical (unpaired) electrons. The molecule has 0 aliphatic carbocycles. The lowest BCUT2D eigenvalue weighted by Crippen LogP contribution is -2.45. The van der Waals surface area contributed by atoms with Crippen LogP contribution in [0.3, 0.4) is 0 Å². The average Bonchev–Trinajstić information content (AvgIpc) is 2.79. The van der Waals surface area contributed by atoms with E-state index in [0.29, 0.717) is 6.42 Å². The molecule has 2 N–H and O–H groups in total. The number of aromatic nitrogens is 1. The normalized spacial score (nSPS) is 32.2. The van der Waals surface area contributed by atoms with Crippen LogP contribution in [0.2, 0.25) is 0 Å². The van der Waals surface area contributed by atoms with Gasteiger partial charge >= 0.3 is 5.97 Å². The maximum absolute atomic E-state index is 13.1. The van der Waals surface area contributed by atoms with E-state index in [9.17, 15) is 19.8 Å². The maximum atomic E-state index is 13.1. The number of rotatable bonds is 2. The average molecular weight is 458 g/mol. The number of cyclic esters (lactones) is 1. The molecular formula is C27H39NO5. The Balaban J connectivity index is 2.27. The van der Waals surface area contributed by atoms with Gasteiger partial charge in [-0.1, -0.05) is 45.4 Å². The van der Waals surface area contributed by atoms with Crippen molar-refractivity contribution in [2.75, 3.05) is 0 Å². The van der Waals surface area contributed by atoms with Gasteiger partial charge < -0.3 is 14.9 Å². The molecule has 0 saturated heterocycles. The second-order valence-electron chi connectivity index (χ2n) is 9.88. The molecule has 0 saturated carbocycles. The number of aliphatic hydroxyl groups excluding tert-OH is 2. The molecule has 6 nitrogen and oxygen atoms in total. The minimum absolute atomic E-state index is 0.0448. The number of ketones is 1. The first-order valence-corrected chi connectivity index (χ1v) is 11.9. The van der Waals surface area contributed by atoms with E-state index >= 15 is 0 Å². The molecular weight excluding hydrogens is 418 g/mol. The molecule has 1 aromatic rings. The molecule has 33 heavy (non-hydrogen) atoms. The number of hydrogen-bond donors (Lipinski definition) is 2. The van der Waals surface area contributed by atoms with Crippen LogP contribution in [0, 0.1) is 17.3 Å². The van der Waals surface area contributed by atoms with Gasteiger partial charge in [0.15, 0.2) is 0 Å². The Morgan fingerprint density at radius 1 is 1.18 bits per heavy atom. The first kappa shape index (κ1) is 26.9. The van der Waals surface area contributed by atoms with Crippen molar-refractivity contribution in [3.8, 4) is 0 Å². The van der Waals surface area contributed by atoms with Gasteiger partial charge in [0.2, 0.25) is 0 Å². The molecule has 0 fully saturated rings. The summed E-state index contributed by atoms with van der Waals surface area (Å²) in [7, 11) is 0. The molecule has 1 aliphatic heterocycles. The third-order valence-corrected chi connectivity index (χ3v) is 6.72. The Hall–Kier alpha value is -2.31. The highest BCUT2D eigenvalue weighted by atomic mass is 16.5. The Morgan fingerprint density at radius 3 is 2.58 bits per heavy atom. The first-order valence-electron chi connectivity index (χ1n) is 11.9. The standard InChI is InChI=1S/C27H39NO5/c1-18-9-8-10-19(2)25(31)20(3)26(32)27(4,5)23(29)17-24(30)33-22(14-12-18)15-13-21-11-6-7-16-28-21/h6-7,11-13,15-16,19-20,22-23,25,29,31H,8-10,14,17H2,1-5H3/b15-13+,18-12-/t19-,20-,22+,23-,25+/m0/s1. The summed E-state index contributed by atoms with van der Waals surface area (Å²) in [6, 6.07) is 5.58. The molecule has 0 amide bonds. The zero-order valence-corrected chi connectivity index (χ0v) is 20.5. The van der Waals surface area contributed by atoms with Crippen molar-refractivity contribution >= 4 is 17.8 Å². The lowest BCUT2D eigenvalue weighted by molar-refractivity contribution is -0.153. The van der Waals surface area contributed by atoms with Crippen molar-refractivity contribution in [1.29, 1.82) is 0 Å². The van der Waals surface area contributed by atoms with Gasteiger partial charge in [0.1, 0.15) is 11.9 Å². The smallest absolute Gasteiger partial charge is 0.309 e. The van der Waals surface area contributed by atoms with E-state index in [1.54, 1.807) is 33.0 Å². The number of aliphatic hydroxyl groups is 2. The third-order valence-electron chi connectivity index (χ3n) is 6.72. The van der Waals surface area contributed by atoms with Crippen LogP contribution in [0.4, 0.5) is 0 Å². The predicted molar refractivity (Wildman–Crippen MR) is 129 cm³/mol. The lowest BCUT2D eigenvalue weighted by atomic mass is 9.73. The van der Waals surface area contributed by atoms with Crippen LogP contribution in [0.25, 0.3) is 6.08 Å². The molecule has 182 valence electrons. The van der Waals surface area contributed by atoms with Gasteiger partial charge in [-0.15, -0.1) is 0 Å². The van der Waals surface area contributed by atoms with E-state index in [1.165, 1.54) is 5.57 Å². The molecule has 2 heterocycles. The Morgan fingerprint density at radius 2 is 1.91 bits per heavy atom. The number of esters is 1. The van der Waals surface area contributed by atoms with Crippen molar-refractivity contribution in [2.45, 2.75) is 85.0 Å². The molecule has 5 atom stereocenters. The minimum Gasteiger partial charge on any atom is -0.458 e. The van der Waals surface area contributed by atoms with Crippen LogP contribution in [-0.2, 0) is 14.3 Å². The quantitative estimate of drug-likeness (QED) is 0.501. The van der Waals surface area contributed by atoms with Gasteiger partial charge in [-0.3, -0.25) is 14.6 Å². The molecule has 1 aromatic heterocycles. The summed E-state index contributed by atoms with van der Waals surface area (Å²) in [4.78, 5) is 30.0. The third kappa shape index (κ3) is 7.90. The fraction of sp³-hybridized carbons (Fsp3) is 0.593. The minimum atomic E-state index is -1.21. The number of pyridine rings is 1. The summed E-state index contributed by atoms with van der Waals surface area (Å²) in [5.74, 6) is -1.51. The lowest BCUT2D eigenvalue weighted by Gasteiger charge is -2.34. The topological polar surface area (TPSA) is 96.7 Å². The van der Waals surface area contributed by atoms with Crippen molar-refractivity contribution in [3.63, 3.8) is 0 Å². The van der Waals surface area contributed by atoms with Crippen molar-refractivity contribution in [1.82, 2.24) is 4.98 Å². The Kier molecular flexibility index (Phi) is 9.99. The summed E-state index contributed by atoms with van der Waals surface area (Å²) >= 11 is 0. The van der Waals surface area contributed by atoms with Crippen LogP contribution < -0.4 is 0 Å². The van der Waals surface area contributed by atoms with Gasteiger partial charge in [-0.05, 0) is 56.4 Å². The van der Waals surface area contributed by atoms with Crippen LogP contribution in [0.1, 0.15) is 72.4 Å². The van der Waals surface area contributed by atoms with Crippen LogP contribution in [0.15, 0.2) is 42.1 Å². The first-order chi connectivity index (χ1) is 15.5. The van der Waals surface area contributed by atoms with Crippen molar-refractivity contribution in [2.24, 2.45) is 17.3 Å². The summed E-state index contributed by atoms with van der Waals surface area (Å²) < 4.78 is 5.67. The molecule has 1 aliphatic rings. The number of carbonyl (C=O) groups excluding carboxylic acids is 2. The van der Waals surface area contributed by atoms with Gasteiger partial charge in [0, 0.05) is 18.5 Å². The van der Waals surface area contributed by atoms with Gasteiger partial charge in [0.25, 0.3) is 0 Å². The van der Waals surface area contributed by atoms with E-state index in [1.807, 2.05) is 38.1 Å². The molecule has 0 aromatic carbocycles. The highest BCUT2D eigenvalue weighted by molar-refractivity contribution is 5.88.